The van der Waals surface area contributed by atoms with Crippen molar-refractivity contribution in [1.29, 1.82) is 0 Å². The fourth-order valence-electron chi connectivity index (χ4n) is 2.14. The van der Waals surface area contributed by atoms with Crippen LogP contribution in [0.3, 0.4) is 0 Å². The third kappa shape index (κ3) is 5.67. The van der Waals surface area contributed by atoms with Gasteiger partial charge in [0.1, 0.15) is 5.75 Å². The molecular formula is C15H19ClN4O3S2. The molecule has 0 aliphatic rings. The second-order valence-electron chi connectivity index (χ2n) is 5.13. The standard InChI is InChI=1S/C15H19ClN4O3S2/c1-4-23-14(21)17-13-18-20(15(24)25-13)9-19(2)8-10-7-11(16)5-6-12(10)22-3/h5-7H,4,8-9H2,1-3H3,(H,17,18,21). The molecule has 136 valence electrons. The van der Waals surface area contributed by atoms with Gasteiger partial charge in [0.05, 0.1) is 20.4 Å². The maximum Gasteiger partial charge on any atom is 0.413 e. The lowest BCUT2D eigenvalue weighted by Gasteiger charge is -2.18. The first kappa shape index (κ1) is 19.6. The van der Waals surface area contributed by atoms with Gasteiger partial charge in [-0.1, -0.05) is 22.9 Å². The van der Waals surface area contributed by atoms with Crippen molar-refractivity contribution in [2.24, 2.45) is 0 Å². The van der Waals surface area contributed by atoms with Crippen molar-refractivity contribution in [2.75, 3.05) is 26.1 Å². The number of nitrogens with zero attached hydrogens (tertiary/aromatic N) is 3. The topological polar surface area (TPSA) is 68.6 Å². The van der Waals surface area contributed by atoms with E-state index in [2.05, 4.69) is 10.4 Å². The fraction of sp³-hybridized carbons (Fsp3) is 0.400. The summed E-state index contributed by atoms with van der Waals surface area (Å²) in [6, 6.07) is 5.49. The number of halogens is 1. The summed E-state index contributed by atoms with van der Waals surface area (Å²) in [6.07, 6.45) is -0.546. The first-order valence-electron chi connectivity index (χ1n) is 7.45. The lowest BCUT2D eigenvalue weighted by atomic mass is 10.2. The second kappa shape index (κ2) is 9.14. The molecule has 0 saturated heterocycles. The number of ether oxygens (including phenoxy) is 2. The van der Waals surface area contributed by atoms with E-state index in [0.29, 0.717) is 33.9 Å². The Morgan fingerprint density at radius 1 is 1.52 bits per heavy atom. The van der Waals surface area contributed by atoms with Gasteiger partial charge in [0.25, 0.3) is 0 Å². The molecule has 0 spiro atoms. The van der Waals surface area contributed by atoms with Crippen LogP contribution < -0.4 is 10.1 Å². The molecule has 0 unspecified atom stereocenters. The average molecular weight is 403 g/mol. The molecule has 1 heterocycles. The highest BCUT2D eigenvalue weighted by molar-refractivity contribution is 7.73. The quantitative estimate of drug-likeness (QED) is 0.706. The number of methoxy groups -OCH3 is 1. The van der Waals surface area contributed by atoms with Gasteiger partial charge in [-0.2, -0.15) is 0 Å². The summed E-state index contributed by atoms with van der Waals surface area (Å²) >= 11 is 12.6. The Balaban J connectivity index is 2.05. The summed E-state index contributed by atoms with van der Waals surface area (Å²) in [5.41, 5.74) is 0.962. The molecule has 1 aromatic carbocycles. The number of hydrogen-bond acceptors (Lipinski definition) is 7. The fourth-order valence-corrected chi connectivity index (χ4v) is 3.31. The van der Waals surface area contributed by atoms with Crippen molar-refractivity contribution in [1.82, 2.24) is 14.7 Å². The highest BCUT2D eigenvalue weighted by atomic mass is 35.5. The molecule has 1 amide bonds. The van der Waals surface area contributed by atoms with Gasteiger partial charge >= 0.3 is 6.09 Å². The van der Waals surface area contributed by atoms with E-state index in [1.165, 1.54) is 11.3 Å². The maximum atomic E-state index is 11.5. The monoisotopic (exact) mass is 402 g/mol. The molecule has 2 aromatic rings. The normalized spacial score (nSPS) is 10.8. The van der Waals surface area contributed by atoms with Crippen LogP contribution in [0.4, 0.5) is 9.93 Å². The Labute approximate surface area is 160 Å². The number of aromatic nitrogens is 2. The van der Waals surface area contributed by atoms with E-state index < -0.39 is 6.09 Å². The minimum atomic E-state index is -0.546. The van der Waals surface area contributed by atoms with Crippen LogP contribution in [0.5, 0.6) is 5.75 Å². The molecule has 0 saturated carbocycles. The maximum absolute atomic E-state index is 11.5. The van der Waals surface area contributed by atoms with E-state index in [4.69, 9.17) is 33.3 Å². The van der Waals surface area contributed by atoms with Crippen LogP contribution in [0.1, 0.15) is 12.5 Å². The summed E-state index contributed by atoms with van der Waals surface area (Å²) in [5.74, 6) is 0.766. The highest BCUT2D eigenvalue weighted by Crippen LogP contribution is 2.24. The van der Waals surface area contributed by atoms with Crippen molar-refractivity contribution in [3.63, 3.8) is 0 Å². The second-order valence-corrected chi connectivity index (χ2v) is 7.19. The molecule has 25 heavy (non-hydrogen) atoms. The van der Waals surface area contributed by atoms with Crippen molar-refractivity contribution in [3.8, 4) is 5.75 Å². The van der Waals surface area contributed by atoms with E-state index in [-0.39, 0.29) is 0 Å². The number of amides is 1. The van der Waals surface area contributed by atoms with Gasteiger partial charge in [0, 0.05) is 17.1 Å². The smallest absolute Gasteiger partial charge is 0.413 e. The Kier molecular flexibility index (Phi) is 7.18. The molecular weight excluding hydrogens is 384 g/mol. The molecule has 7 nitrogen and oxygen atoms in total. The van der Waals surface area contributed by atoms with Crippen molar-refractivity contribution in [3.05, 3.63) is 32.7 Å². The van der Waals surface area contributed by atoms with E-state index >= 15 is 0 Å². The van der Waals surface area contributed by atoms with Crippen LogP contribution >= 0.6 is 35.2 Å². The van der Waals surface area contributed by atoms with E-state index in [1.54, 1.807) is 24.8 Å². The molecule has 0 radical (unpaired) electrons. The van der Waals surface area contributed by atoms with Crippen LogP contribution in [-0.4, -0.2) is 41.5 Å². The van der Waals surface area contributed by atoms with Crippen molar-refractivity contribution < 1.29 is 14.3 Å². The minimum absolute atomic E-state index is 0.294. The van der Waals surface area contributed by atoms with E-state index in [0.717, 1.165) is 11.3 Å². The SMILES string of the molecule is CCOC(=O)Nc1nn(CN(C)Cc2cc(Cl)ccc2OC)c(=S)s1. The first-order chi connectivity index (χ1) is 11.9. The number of rotatable bonds is 7. The Morgan fingerprint density at radius 3 is 2.96 bits per heavy atom. The third-order valence-corrected chi connectivity index (χ3v) is 4.61. The van der Waals surface area contributed by atoms with Crippen LogP contribution in [-0.2, 0) is 18.0 Å². The summed E-state index contributed by atoms with van der Waals surface area (Å²) in [6.45, 7) is 3.08. The van der Waals surface area contributed by atoms with Gasteiger partial charge in [-0.05, 0) is 44.4 Å². The summed E-state index contributed by atoms with van der Waals surface area (Å²) in [4.78, 5) is 13.5. The van der Waals surface area contributed by atoms with Gasteiger partial charge in [-0.3, -0.25) is 10.2 Å². The van der Waals surface area contributed by atoms with Crippen LogP contribution in [0.25, 0.3) is 0 Å². The first-order valence-corrected chi connectivity index (χ1v) is 9.06. The van der Waals surface area contributed by atoms with Gasteiger partial charge in [-0.15, -0.1) is 5.10 Å². The Hall–Kier alpha value is -1.68. The third-order valence-electron chi connectivity index (χ3n) is 3.15. The Morgan fingerprint density at radius 2 is 2.28 bits per heavy atom. The molecule has 0 atom stereocenters. The number of hydrogen-bond donors (Lipinski definition) is 1. The molecule has 1 aromatic heterocycles. The number of carbonyl (C=O) groups is 1. The van der Waals surface area contributed by atoms with Gasteiger partial charge < -0.3 is 9.47 Å². The Bertz CT molecular complexity index is 793. The van der Waals surface area contributed by atoms with Crippen molar-refractivity contribution in [2.45, 2.75) is 20.1 Å². The highest BCUT2D eigenvalue weighted by Gasteiger charge is 2.12. The van der Waals surface area contributed by atoms with Crippen LogP contribution in [0.15, 0.2) is 18.2 Å². The number of benzene rings is 1. The molecule has 0 fully saturated rings. The lowest BCUT2D eigenvalue weighted by molar-refractivity contribution is 0.168. The number of carbonyl (C=O) groups excluding carboxylic acids is 1. The summed E-state index contributed by atoms with van der Waals surface area (Å²) < 4.78 is 12.4. The average Bonchev–Trinajstić information content (AvgIpc) is 2.87. The predicted molar refractivity (Wildman–Crippen MR) is 101 cm³/mol. The summed E-state index contributed by atoms with van der Waals surface area (Å²) in [7, 11) is 3.55. The zero-order valence-corrected chi connectivity index (χ0v) is 16.5. The van der Waals surface area contributed by atoms with Crippen molar-refractivity contribution >= 4 is 46.4 Å². The number of anilines is 1. The number of nitrogens with one attached hydrogen (secondary N) is 1. The van der Waals surface area contributed by atoms with Gasteiger partial charge in [0.15, 0.2) is 3.95 Å². The zero-order chi connectivity index (χ0) is 18.4. The summed E-state index contributed by atoms with van der Waals surface area (Å²) in [5, 5.41) is 7.90. The molecule has 2 rings (SSSR count). The zero-order valence-electron chi connectivity index (χ0n) is 14.1. The predicted octanol–water partition coefficient (Wildman–Crippen LogP) is 3.99. The van der Waals surface area contributed by atoms with Gasteiger partial charge in [-0.25, -0.2) is 9.48 Å². The molecule has 10 heteroatoms. The molecule has 0 aliphatic heterocycles. The van der Waals surface area contributed by atoms with Crippen LogP contribution in [0.2, 0.25) is 5.02 Å². The van der Waals surface area contributed by atoms with E-state index in [9.17, 15) is 4.79 Å². The van der Waals surface area contributed by atoms with Crippen LogP contribution in [0, 0.1) is 3.95 Å². The minimum Gasteiger partial charge on any atom is -0.496 e. The largest absolute Gasteiger partial charge is 0.496 e. The lowest BCUT2D eigenvalue weighted by Crippen LogP contribution is -2.23. The molecule has 0 aliphatic carbocycles. The van der Waals surface area contributed by atoms with E-state index in [1.807, 2.05) is 24.1 Å². The molecule has 0 bridgehead atoms. The van der Waals surface area contributed by atoms with Gasteiger partial charge in [0.2, 0.25) is 5.13 Å². The molecule has 1 N–H and O–H groups in total.